The van der Waals surface area contributed by atoms with Crippen LogP contribution in [0.3, 0.4) is 0 Å². The summed E-state index contributed by atoms with van der Waals surface area (Å²) in [6.45, 7) is 3.09. The molecule has 1 aliphatic rings. The van der Waals surface area contributed by atoms with Crippen molar-refractivity contribution in [3.8, 4) is 0 Å². The number of hydrogen-bond donors (Lipinski definition) is 2. The van der Waals surface area contributed by atoms with E-state index in [1.54, 1.807) is 17.0 Å². The first kappa shape index (κ1) is 18.9. The number of pyridine rings is 1. The quantitative estimate of drug-likeness (QED) is 0.713. The van der Waals surface area contributed by atoms with Crippen LogP contribution in [0.1, 0.15) is 42.0 Å². The zero-order valence-corrected chi connectivity index (χ0v) is 16.3. The van der Waals surface area contributed by atoms with Crippen LogP contribution in [0.15, 0.2) is 54.7 Å². The van der Waals surface area contributed by atoms with Gasteiger partial charge in [0.1, 0.15) is 0 Å². The van der Waals surface area contributed by atoms with E-state index in [9.17, 15) is 9.59 Å². The molecule has 1 unspecified atom stereocenters. The fourth-order valence-corrected chi connectivity index (χ4v) is 3.58. The van der Waals surface area contributed by atoms with Gasteiger partial charge in [-0.1, -0.05) is 24.3 Å². The zero-order valence-electron chi connectivity index (χ0n) is 16.3. The number of fused-ring (bicyclic) bond motifs is 1. The highest BCUT2D eigenvalue weighted by molar-refractivity contribution is 5.94. The lowest BCUT2D eigenvalue weighted by Crippen LogP contribution is -2.49. The van der Waals surface area contributed by atoms with Crippen molar-refractivity contribution in [2.45, 2.75) is 31.8 Å². The number of rotatable bonds is 4. The van der Waals surface area contributed by atoms with E-state index in [4.69, 9.17) is 0 Å². The third kappa shape index (κ3) is 4.21. The summed E-state index contributed by atoms with van der Waals surface area (Å²) < 4.78 is 1.87. The van der Waals surface area contributed by atoms with Gasteiger partial charge in [-0.2, -0.15) is 0 Å². The van der Waals surface area contributed by atoms with Crippen LogP contribution in [0.5, 0.6) is 0 Å². The first-order valence-electron chi connectivity index (χ1n) is 9.83. The van der Waals surface area contributed by atoms with Crippen LogP contribution in [-0.4, -0.2) is 50.6 Å². The minimum absolute atomic E-state index is 0.0687. The molecule has 0 aliphatic carbocycles. The number of benzene rings is 1. The molecule has 1 saturated heterocycles. The van der Waals surface area contributed by atoms with Crippen LogP contribution in [0.25, 0.3) is 5.65 Å². The summed E-state index contributed by atoms with van der Waals surface area (Å²) in [5, 5.41) is 14.4. The highest BCUT2D eigenvalue weighted by Crippen LogP contribution is 2.15. The van der Waals surface area contributed by atoms with Gasteiger partial charge in [0.25, 0.3) is 5.91 Å². The van der Waals surface area contributed by atoms with Gasteiger partial charge in [0.05, 0.1) is 6.04 Å². The van der Waals surface area contributed by atoms with Crippen molar-refractivity contribution in [3.05, 3.63) is 66.1 Å². The number of carbonyl (C=O) groups is 2. The van der Waals surface area contributed by atoms with E-state index < -0.39 is 0 Å². The van der Waals surface area contributed by atoms with Crippen LogP contribution < -0.4 is 10.6 Å². The Bertz CT molecular complexity index is 995. The van der Waals surface area contributed by atoms with Crippen molar-refractivity contribution in [1.82, 2.24) is 30.1 Å². The van der Waals surface area contributed by atoms with Crippen LogP contribution >= 0.6 is 0 Å². The van der Waals surface area contributed by atoms with Crippen LogP contribution in [0.2, 0.25) is 0 Å². The molecule has 3 amide bonds. The third-order valence-corrected chi connectivity index (χ3v) is 5.22. The van der Waals surface area contributed by atoms with Gasteiger partial charge in [-0.3, -0.25) is 9.20 Å². The smallest absolute Gasteiger partial charge is 0.317 e. The molecule has 0 bridgehead atoms. The Morgan fingerprint density at radius 2 is 1.76 bits per heavy atom. The molecular weight excluding hydrogens is 368 g/mol. The maximum absolute atomic E-state index is 12.7. The molecule has 2 N–H and O–H groups in total. The molecule has 1 aliphatic heterocycles. The van der Waals surface area contributed by atoms with E-state index in [0.717, 1.165) is 18.5 Å². The van der Waals surface area contributed by atoms with E-state index in [-0.39, 0.29) is 24.0 Å². The number of likely N-dealkylation sites (tertiary alicyclic amines) is 1. The van der Waals surface area contributed by atoms with Crippen molar-refractivity contribution in [3.63, 3.8) is 0 Å². The second-order valence-electron chi connectivity index (χ2n) is 7.26. The molecule has 0 spiro atoms. The molecule has 150 valence electrons. The Hall–Kier alpha value is -3.42. The van der Waals surface area contributed by atoms with Gasteiger partial charge in [-0.25, -0.2) is 4.79 Å². The Morgan fingerprint density at radius 3 is 2.52 bits per heavy atom. The van der Waals surface area contributed by atoms with Crippen molar-refractivity contribution in [2.24, 2.45) is 0 Å². The fourth-order valence-electron chi connectivity index (χ4n) is 3.58. The first-order chi connectivity index (χ1) is 14.1. The average molecular weight is 392 g/mol. The summed E-state index contributed by atoms with van der Waals surface area (Å²) in [6, 6.07) is 14.5. The molecule has 1 atom stereocenters. The molecule has 8 nitrogen and oxygen atoms in total. The Morgan fingerprint density at radius 1 is 1.03 bits per heavy atom. The largest absolute Gasteiger partial charge is 0.349 e. The van der Waals surface area contributed by atoms with E-state index in [1.807, 2.05) is 53.9 Å². The second kappa shape index (κ2) is 8.30. The number of carbonyl (C=O) groups excluding carboxylic acids is 2. The maximum Gasteiger partial charge on any atom is 0.317 e. The number of piperidine rings is 1. The molecule has 0 saturated carbocycles. The molecule has 8 heteroatoms. The fraction of sp³-hybridized carbons (Fsp3) is 0.333. The normalized spacial score (nSPS) is 15.8. The Balaban J connectivity index is 1.29. The van der Waals surface area contributed by atoms with Crippen LogP contribution in [-0.2, 0) is 0 Å². The molecule has 29 heavy (non-hydrogen) atoms. The highest BCUT2D eigenvalue weighted by atomic mass is 16.2. The zero-order chi connectivity index (χ0) is 20.2. The summed E-state index contributed by atoms with van der Waals surface area (Å²) >= 11 is 0. The third-order valence-electron chi connectivity index (χ3n) is 5.22. The summed E-state index contributed by atoms with van der Waals surface area (Å²) in [4.78, 5) is 26.7. The summed E-state index contributed by atoms with van der Waals surface area (Å²) in [5.74, 6) is 0.625. The molecule has 3 aromatic rings. The van der Waals surface area contributed by atoms with Gasteiger partial charge in [0.2, 0.25) is 0 Å². The lowest BCUT2D eigenvalue weighted by molar-refractivity contribution is 0.0917. The number of amides is 3. The van der Waals surface area contributed by atoms with Crippen molar-refractivity contribution in [2.75, 3.05) is 13.1 Å². The van der Waals surface area contributed by atoms with Crippen molar-refractivity contribution >= 4 is 17.6 Å². The van der Waals surface area contributed by atoms with Crippen molar-refractivity contribution in [1.29, 1.82) is 0 Å². The van der Waals surface area contributed by atoms with E-state index in [0.29, 0.717) is 24.5 Å². The van der Waals surface area contributed by atoms with E-state index in [1.165, 1.54) is 0 Å². The minimum Gasteiger partial charge on any atom is -0.349 e. The number of nitrogens with one attached hydrogen (secondary N) is 2. The number of nitrogens with zero attached hydrogens (tertiary/aromatic N) is 4. The lowest BCUT2D eigenvalue weighted by Gasteiger charge is -2.33. The number of urea groups is 1. The minimum atomic E-state index is -0.268. The molecule has 1 aromatic carbocycles. The first-order valence-corrected chi connectivity index (χ1v) is 9.83. The summed E-state index contributed by atoms with van der Waals surface area (Å²) in [7, 11) is 0. The molecular formula is C21H24N6O2. The van der Waals surface area contributed by atoms with Gasteiger partial charge in [0, 0.05) is 30.9 Å². The van der Waals surface area contributed by atoms with Crippen molar-refractivity contribution < 1.29 is 9.59 Å². The maximum atomic E-state index is 12.7. The predicted molar refractivity (Wildman–Crippen MR) is 108 cm³/mol. The highest BCUT2D eigenvalue weighted by Gasteiger charge is 2.26. The molecule has 4 rings (SSSR count). The SMILES string of the molecule is CC(NC(=O)N1CCC(NC(=O)c2ccccc2)CC1)c1nnc2ccccn12. The molecule has 0 radical (unpaired) electrons. The van der Waals surface area contributed by atoms with Crippen LogP contribution in [0.4, 0.5) is 4.79 Å². The molecule has 1 fully saturated rings. The standard InChI is InChI=1S/C21H24N6O2/c1-15(19-25-24-18-9-5-6-12-27(18)19)22-21(29)26-13-10-17(11-14-26)23-20(28)16-7-3-2-4-8-16/h2-9,12,15,17H,10-11,13-14H2,1H3,(H,22,29)(H,23,28). The van der Waals surface area contributed by atoms with Gasteiger partial charge in [-0.05, 0) is 44.0 Å². The van der Waals surface area contributed by atoms with Gasteiger partial charge >= 0.3 is 6.03 Å². The Labute approximate surface area is 168 Å². The van der Waals surface area contributed by atoms with E-state index >= 15 is 0 Å². The van der Waals surface area contributed by atoms with Gasteiger partial charge < -0.3 is 15.5 Å². The summed E-state index contributed by atoms with van der Waals surface area (Å²) in [6.07, 6.45) is 3.34. The number of hydrogen-bond acceptors (Lipinski definition) is 4. The molecule has 3 heterocycles. The van der Waals surface area contributed by atoms with E-state index in [2.05, 4.69) is 20.8 Å². The topological polar surface area (TPSA) is 91.6 Å². The average Bonchev–Trinajstić information content (AvgIpc) is 3.19. The second-order valence-corrected chi connectivity index (χ2v) is 7.26. The summed E-state index contributed by atoms with van der Waals surface area (Å²) in [5.41, 5.74) is 1.40. The predicted octanol–water partition coefficient (Wildman–Crippen LogP) is 2.39. The monoisotopic (exact) mass is 392 g/mol. The Kier molecular flexibility index (Phi) is 5.41. The van der Waals surface area contributed by atoms with Crippen LogP contribution in [0, 0.1) is 0 Å². The number of aromatic nitrogens is 3. The van der Waals surface area contributed by atoms with Gasteiger partial charge in [0.15, 0.2) is 11.5 Å². The lowest BCUT2D eigenvalue weighted by atomic mass is 10.0. The van der Waals surface area contributed by atoms with Gasteiger partial charge in [-0.15, -0.1) is 10.2 Å². The molecule has 2 aromatic heterocycles.